The summed E-state index contributed by atoms with van der Waals surface area (Å²) < 4.78 is 35.9. The van der Waals surface area contributed by atoms with Gasteiger partial charge in [0.2, 0.25) is 5.91 Å². The predicted molar refractivity (Wildman–Crippen MR) is 125 cm³/mol. The van der Waals surface area contributed by atoms with Crippen LogP contribution in [0.15, 0.2) is 46.1 Å². The lowest BCUT2D eigenvalue weighted by molar-refractivity contribution is -0.135. The van der Waals surface area contributed by atoms with Crippen LogP contribution in [0.2, 0.25) is 0 Å². The molecule has 4 rings (SSSR count). The van der Waals surface area contributed by atoms with Crippen LogP contribution in [0.1, 0.15) is 17.5 Å². The molecule has 1 aliphatic rings. The van der Waals surface area contributed by atoms with Crippen LogP contribution in [0.25, 0.3) is 10.2 Å². The van der Waals surface area contributed by atoms with Gasteiger partial charge in [-0.3, -0.25) is 18.9 Å². The lowest BCUT2D eigenvalue weighted by Gasteiger charge is -2.26. The van der Waals surface area contributed by atoms with E-state index in [1.807, 2.05) is 26.0 Å². The highest BCUT2D eigenvalue weighted by molar-refractivity contribution is 7.92. The summed E-state index contributed by atoms with van der Waals surface area (Å²) in [4.78, 5) is 26.6. The first-order valence-corrected chi connectivity index (χ1v) is 12.6. The first-order chi connectivity index (χ1) is 15.2. The zero-order chi connectivity index (χ0) is 22.9. The maximum absolute atomic E-state index is 12.9. The van der Waals surface area contributed by atoms with E-state index in [0.717, 1.165) is 22.5 Å². The van der Waals surface area contributed by atoms with Crippen LogP contribution in [0.3, 0.4) is 0 Å². The topological polar surface area (TPSA) is 97.7 Å². The minimum atomic E-state index is -3.82. The fraction of sp³-hybridized carbons (Fsp3) is 0.364. The molecule has 32 heavy (non-hydrogen) atoms. The van der Waals surface area contributed by atoms with E-state index in [9.17, 15) is 18.0 Å². The van der Waals surface area contributed by atoms with E-state index in [0.29, 0.717) is 42.2 Å². The van der Waals surface area contributed by atoms with Gasteiger partial charge in [-0.15, -0.1) is 0 Å². The lowest BCUT2D eigenvalue weighted by atomic mass is 10.1. The summed E-state index contributed by atoms with van der Waals surface area (Å²) >= 11 is 0.978. The number of hydrogen-bond acceptors (Lipinski definition) is 6. The quantitative estimate of drug-likeness (QED) is 0.591. The largest absolute Gasteiger partial charge is 0.378 e. The molecule has 0 radical (unpaired) electrons. The second-order valence-electron chi connectivity index (χ2n) is 7.82. The van der Waals surface area contributed by atoms with E-state index < -0.39 is 10.0 Å². The molecule has 0 aliphatic carbocycles. The Hall–Kier alpha value is -2.69. The van der Waals surface area contributed by atoms with E-state index in [-0.39, 0.29) is 28.6 Å². The van der Waals surface area contributed by atoms with Crippen molar-refractivity contribution in [1.29, 1.82) is 0 Å². The second-order valence-corrected chi connectivity index (χ2v) is 10.5. The van der Waals surface area contributed by atoms with Crippen LogP contribution in [0, 0.1) is 13.8 Å². The molecule has 1 aliphatic heterocycles. The van der Waals surface area contributed by atoms with Crippen molar-refractivity contribution >= 4 is 43.2 Å². The lowest BCUT2D eigenvalue weighted by Crippen LogP contribution is -2.41. The molecule has 8 nitrogen and oxygen atoms in total. The smallest absolute Gasteiger partial charge is 0.308 e. The number of amides is 1. The average molecular weight is 476 g/mol. The van der Waals surface area contributed by atoms with Crippen LogP contribution < -0.4 is 9.60 Å². The van der Waals surface area contributed by atoms with Gasteiger partial charge in [0.25, 0.3) is 10.0 Å². The summed E-state index contributed by atoms with van der Waals surface area (Å²) in [5, 5.41) is 0. The molecule has 1 amide bonds. The van der Waals surface area contributed by atoms with Crippen LogP contribution in [0.4, 0.5) is 5.69 Å². The van der Waals surface area contributed by atoms with E-state index in [1.165, 1.54) is 16.7 Å². The van der Waals surface area contributed by atoms with Crippen molar-refractivity contribution in [2.24, 2.45) is 0 Å². The number of hydrogen-bond donors (Lipinski definition) is 1. The van der Waals surface area contributed by atoms with Gasteiger partial charge in [-0.05, 0) is 49.2 Å². The number of thiazole rings is 1. The minimum absolute atomic E-state index is 0.0172. The second kappa shape index (κ2) is 9.05. The van der Waals surface area contributed by atoms with Gasteiger partial charge in [0, 0.05) is 26.1 Å². The molecule has 3 aromatic rings. The van der Waals surface area contributed by atoms with Crippen molar-refractivity contribution in [1.82, 2.24) is 9.47 Å². The van der Waals surface area contributed by atoms with Crippen molar-refractivity contribution in [3.05, 3.63) is 57.2 Å². The van der Waals surface area contributed by atoms with Gasteiger partial charge in [-0.2, -0.15) is 0 Å². The number of carbonyl (C=O) groups excluding carboxylic acids is 1. The Kier molecular flexibility index (Phi) is 6.36. The number of aryl methyl sites for hydroxylation is 3. The van der Waals surface area contributed by atoms with E-state index in [2.05, 4.69) is 4.72 Å². The molecule has 2 heterocycles. The maximum atomic E-state index is 12.9. The molecule has 1 N–H and O–H groups in total. The summed E-state index contributed by atoms with van der Waals surface area (Å²) in [6.45, 7) is 6.17. The third-order valence-electron chi connectivity index (χ3n) is 5.50. The molecule has 0 spiro atoms. The Morgan fingerprint density at radius 2 is 1.88 bits per heavy atom. The molecule has 0 saturated carbocycles. The summed E-state index contributed by atoms with van der Waals surface area (Å²) in [5.41, 5.74) is 2.92. The minimum Gasteiger partial charge on any atom is -0.378 e. The van der Waals surface area contributed by atoms with Crippen molar-refractivity contribution in [2.45, 2.75) is 31.7 Å². The number of ether oxygens (including phenoxy) is 1. The SMILES string of the molecule is Cc1ccc(C)c(NS(=O)(=O)c2ccc3c(c2)sc(=O)n3CCC(=O)N2CCOCC2)c1. The van der Waals surface area contributed by atoms with Crippen molar-refractivity contribution in [3.63, 3.8) is 0 Å². The van der Waals surface area contributed by atoms with Crippen LogP contribution in [-0.2, 0) is 26.1 Å². The van der Waals surface area contributed by atoms with Crippen LogP contribution >= 0.6 is 11.3 Å². The summed E-state index contributed by atoms with van der Waals surface area (Å²) in [6.07, 6.45) is 0.208. The summed E-state index contributed by atoms with van der Waals surface area (Å²) in [7, 11) is -3.82. The first kappa shape index (κ1) is 22.5. The molecule has 0 unspecified atom stereocenters. The molecule has 10 heteroatoms. The monoisotopic (exact) mass is 475 g/mol. The van der Waals surface area contributed by atoms with Crippen molar-refractivity contribution < 1.29 is 17.9 Å². The van der Waals surface area contributed by atoms with E-state index in [1.54, 1.807) is 17.0 Å². The number of nitrogens with one attached hydrogen (secondary N) is 1. The summed E-state index contributed by atoms with van der Waals surface area (Å²) in [6, 6.07) is 10.2. The zero-order valence-corrected chi connectivity index (χ0v) is 19.6. The molecule has 1 saturated heterocycles. The number of carbonyl (C=O) groups is 1. The number of sulfonamides is 1. The molecule has 1 fully saturated rings. The highest BCUT2D eigenvalue weighted by Crippen LogP contribution is 2.25. The molecule has 2 aromatic carbocycles. The highest BCUT2D eigenvalue weighted by Gasteiger charge is 2.20. The third kappa shape index (κ3) is 4.72. The third-order valence-corrected chi connectivity index (χ3v) is 7.81. The number of nitrogens with zero attached hydrogens (tertiary/aromatic N) is 2. The Balaban J connectivity index is 1.55. The standard InChI is InChI=1S/C22H25N3O5S2/c1-15-3-4-16(2)18(13-15)23-32(28,29)17-5-6-19-20(14-17)31-22(27)25(19)8-7-21(26)24-9-11-30-12-10-24/h3-6,13-14,23H,7-12H2,1-2H3. The van der Waals surface area contributed by atoms with Gasteiger partial charge in [0.15, 0.2) is 0 Å². The van der Waals surface area contributed by atoms with E-state index >= 15 is 0 Å². The molecular formula is C22H25N3O5S2. The normalized spacial score (nSPS) is 14.6. The van der Waals surface area contributed by atoms with Gasteiger partial charge >= 0.3 is 4.87 Å². The zero-order valence-electron chi connectivity index (χ0n) is 18.0. The number of aromatic nitrogens is 1. The predicted octanol–water partition coefficient (Wildman–Crippen LogP) is 2.73. The highest BCUT2D eigenvalue weighted by atomic mass is 32.2. The number of fused-ring (bicyclic) bond motifs is 1. The number of anilines is 1. The number of morpholine rings is 1. The number of benzene rings is 2. The molecule has 0 bridgehead atoms. The Morgan fingerprint density at radius 1 is 1.12 bits per heavy atom. The van der Waals surface area contributed by atoms with Crippen LogP contribution in [-0.4, -0.2) is 50.1 Å². The van der Waals surface area contributed by atoms with Crippen molar-refractivity contribution in [3.8, 4) is 0 Å². The van der Waals surface area contributed by atoms with Gasteiger partial charge in [-0.25, -0.2) is 8.42 Å². The van der Waals surface area contributed by atoms with Gasteiger partial charge in [-0.1, -0.05) is 23.5 Å². The Labute approximate surface area is 190 Å². The fourth-order valence-corrected chi connectivity index (χ4v) is 5.83. The average Bonchev–Trinajstić information content (AvgIpc) is 3.09. The van der Waals surface area contributed by atoms with Gasteiger partial charge < -0.3 is 9.64 Å². The molecule has 1 aromatic heterocycles. The Morgan fingerprint density at radius 3 is 2.62 bits per heavy atom. The maximum Gasteiger partial charge on any atom is 0.308 e. The molecular weight excluding hydrogens is 450 g/mol. The fourth-order valence-electron chi connectivity index (χ4n) is 3.65. The van der Waals surface area contributed by atoms with Crippen molar-refractivity contribution in [2.75, 3.05) is 31.0 Å². The van der Waals surface area contributed by atoms with Crippen LogP contribution in [0.5, 0.6) is 0 Å². The van der Waals surface area contributed by atoms with E-state index in [4.69, 9.17) is 4.74 Å². The molecule has 170 valence electrons. The first-order valence-electron chi connectivity index (χ1n) is 10.3. The van der Waals surface area contributed by atoms with Gasteiger partial charge in [0.05, 0.1) is 34.0 Å². The Bertz CT molecular complexity index is 1320. The van der Waals surface area contributed by atoms with Gasteiger partial charge in [0.1, 0.15) is 0 Å². The molecule has 0 atom stereocenters. The summed E-state index contributed by atoms with van der Waals surface area (Å²) in [5.74, 6) is -0.0172. The number of rotatable bonds is 6.